The molecule has 0 aromatic carbocycles. The average molecular weight is 310 g/mol. The van der Waals surface area contributed by atoms with Gasteiger partial charge in [-0.25, -0.2) is 0 Å². The number of amides is 1. The van der Waals surface area contributed by atoms with Gasteiger partial charge in [0.15, 0.2) is 0 Å². The number of nitrogens with zero attached hydrogens (tertiary/aromatic N) is 1. The highest BCUT2D eigenvalue weighted by atomic mass is 32.1. The normalized spacial score (nSPS) is 15.0. The number of carbonyl (C=O) groups is 1. The predicted molar refractivity (Wildman–Crippen MR) is 86.7 cm³/mol. The minimum atomic E-state index is 0.0510. The van der Waals surface area contributed by atoms with Crippen LogP contribution in [0.25, 0.3) is 0 Å². The molecule has 0 radical (unpaired) electrons. The van der Waals surface area contributed by atoms with E-state index in [-0.39, 0.29) is 12.0 Å². The van der Waals surface area contributed by atoms with E-state index < -0.39 is 0 Å². The van der Waals surface area contributed by atoms with Crippen LogP contribution in [-0.2, 0) is 17.8 Å². The van der Waals surface area contributed by atoms with Gasteiger partial charge in [-0.1, -0.05) is 0 Å². The summed E-state index contributed by atoms with van der Waals surface area (Å²) in [5.41, 5.74) is 1.32. The summed E-state index contributed by atoms with van der Waals surface area (Å²) in [5, 5.41) is 2.97. The molecular weight excluding hydrogens is 284 g/mol. The predicted octanol–water partition coefficient (Wildman–Crippen LogP) is 3.02. The SMILES string of the molecule is CC(C)OCCCNC(=O)c1cc2c(s1)CN(C(C)C)C2. The van der Waals surface area contributed by atoms with E-state index in [2.05, 4.69) is 30.1 Å². The Labute approximate surface area is 131 Å². The highest BCUT2D eigenvalue weighted by Crippen LogP contribution is 2.32. The second-order valence-corrected chi connectivity index (χ2v) is 7.22. The molecule has 0 atom stereocenters. The van der Waals surface area contributed by atoms with Crippen molar-refractivity contribution >= 4 is 17.2 Å². The molecule has 1 amide bonds. The Morgan fingerprint density at radius 2 is 2.14 bits per heavy atom. The number of fused-ring (bicyclic) bond motifs is 1. The molecule has 1 aliphatic heterocycles. The van der Waals surface area contributed by atoms with Crippen LogP contribution in [0, 0.1) is 0 Å². The maximum absolute atomic E-state index is 12.1. The maximum atomic E-state index is 12.1. The van der Waals surface area contributed by atoms with E-state index in [1.54, 1.807) is 11.3 Å². The topological polar surface area (TPSA) is 41.6 Å². The van der Waals surface area contributed by atoms with Crippen molar-refractivity contribution in [1.29, 1.82) is 0 Å². The number of ether oxygens (including phenoxy) is 1. The molecule has 2 rings (SSSR count). The lowest BCUT2D eigenvalue weighted by Crippen LogP contribution is -2.26. The van der Waals surface area contributed by atoms with E-state index >= 15 is 0 Å². The van der Waals surface area contributed by atoms with Gasteiger partial charge in [-0.3, -0.25) is 9.69 Å². The maximum Gasteiger partial charge on any atom is 0.261 e. The Balaban J connectivity index is 1.76. The van der Waals surface area contributed by atoms with E-state index in [1.165, 1.54) is 10.4 Å². The quantitative estimate of drug-likeness (QED) is 0.787. The molecule has 0 fully saturated rings. The van der Waals surface area contributed by atoms with E-state index in [9.17, 15) is 4.79 Å². The summed E-state index contributed by atoms with van der Waals surface area (Å²) in [6.45, 7) is 11.8. The van der Waals surface area contributed by atoms with Crippen LogP contribution >= 0.6 is 11.3 Å². The monoisotopic (exact) mass is 310 g/mol. The van der Waals surface area contributed by atoms with Crippen LogP contribution in [0.5, 0.6) is 0 Å². The third-order valence-corrected chi connectivity index (χ3v) is 4.79. The van der Waals surface area contributed by atoms with Gasteiger partial charge in [-0.05, 0) is 45.7 Å². The van der Waals surface area contributed by atoms with Gasteiger partial charge in [0.1, 0.15) is 0 Å². The second-order valence-electron chi connectivity index (χ2n) is 6.09. The van der Waals surface area contributed by atoms with Gasteiger partial charge in [0, 0.05) is 37.2 Å². The first-order chi connectivity index (χ1) is 9.97. The summed E-state index contributed by atoms with van der Waals surface area (Å²) in [4.78, 5) is 16.7. The fourth-order valence-electron chi connectivity index (χ4n) is 2.35. The molecule has 118 valence electrons. The van der Waals surface area contributed by atoms with Crippen molar-refractivity contribution in [3.8, 4) is 0 Å². The summed E-state index contributed by atoms with van der Waals surface area (Å²) >= 11 is 1.63. The molecule has 1 aromatic rings. The molecule has 1 N–H and O–H groups in total. The third-order valence-electron chi connectivity index (χ3n) is 3.63. The molecule has 0 unspecified atom stereocenters. The lowest BCUT2D eigenvalue weighted by Gasteiger charge is -2.19. The van der Waals surface area contributed by atoms with Crippen LogP contribution in [0.2, 0.25) is 0 Å². The highest BCUT2D eigenvalue weighted by molar-refractivity contribution is 7.14. The first-order valence-corrected chi connectivity index (χ1v) is 8.54. The third kappa shape index (κ3) is 4.53. The summed E-state index contributed by atoms with van der Waals surface area (Å²) in [6, 6.07) is 2.62. The van der Waals surface area contributed by atoms with Gasteiger partial charge in [-0.2, -0.15) is 0 Å². The number of nitrogens with one attached hydrogen (secondary N) is 1. The Morgan fingerprint density at radius 3 is 2.76 bits per heavy atom. The van der Waals surface area contributed by atoms with Crippen LogP contribution in [0.4, 0.5) is 0 Å². The zero-order chi connectivity index (χ0) is 15.4. The molecule has 0 saturated carbocycles. The lowest BCUT2D eigenvalue weighted by atomic mass is 10.2. The van der Waals surface area contributed by atoms with Crippen LogP contribution < -0.4 is 5.32 Å². The molecular formula is C16H26N2O2S. The van der Waals surface area contributed by atoms with Gasteiger partial charge in [0.05, 0.1) is 11.0 Å². The molecule has 0 bridgehead atoms. The first-order valence-electron chi connectivity index (χ1n) is 7.72. The standard InChI is InChI=1S/C16H26N2O2S/c1-11(2)18-9-13-8-14(21-15(13)10-18)16(19)17-6-5-7-20-12(3)4/h8,11-12H,5-7,9-10H2,1-4H3,(H,17,19). The van der Waals surface area contributed by atoms with Crippen molar-refractivity contribution in [1.82, 2.24) is 10.2 Å². The molecule has 0 saturated heterocycles. The zero-order valence-electron chi connectivity index (χ0n) is 13.4. The first kappa shape index (κ1) is 16.5. The Kier molecular flexibility index (Phi) is 5.79. The van der Waals surface area contributed by atoms with Crippen LogP contribution in [0.1, 0.15) is 54.2 Å². The van der Waals surface area contributed by atoms with Gasteiger partial charge in [0.2, 0.25) is 0 Å². The van der Waals surface area contributed by atoms with Crippen molar-refractivity contribution in [3.63, 3.8) is 0 Å². The van der Waals surface area contributed by atoms with E-state index in [0.717, 1.165) is 24.4 Å². The molecule has 5 heteroatoms. The number of hydrogen-bond acceptors (Lipinski definition) is 4. The Hall–Kier alpha value is -0.910. The number of rotatable bonds is 7. The van der Waals surface area contributed by atoms with Crippen molar-refractivity contribution in [3.05, 3.63) is 21.4 Å². The van der Waals surface area contributed by atoms with Crippen molar-refractivity contribution in [2.45, 2.75) is 59.4 Å². The van der Waals surface area contributed by atoms with Crippen molar-refractivity contribution in [2.75, 3.05) is 13.2 Å². The molecule has 0 spiro atoms. The summed E-state index contributed by atoms with van der Waals surface area (Å²) in [5.74, 6) is 0.0510. The molecule has 21 heavy (non-hydrogen) atoms. The van der Waals surface area contributed by atoms with Crippen LogP contribution in [0.3, 0.4) is 0 Å². The molecule has 1 aliphatic rings. The number of thiophene rings is 1. The zero-order valence-corrected chi connectivity index (χ0v) is 14.3. The second kappa shape index (κ2) is 7.38. The van der Waals surface area contributed by atoms with Crippen molar-refractivity contribution < 1.29 is 9.53 Å². The minimum Gasteiger partial charge on any atom is -0.379 e. The van der Waals surface area contributed by atoms with E-state index in [0.29, 0.717) is 19.2 Å². The van der Waals surface area contributed by atoms with Crippen LogP contribution in [0.15, 0.2) is 6.07 Å². The smallest absolute Gasteiger partial charge is 0.261 e. The molecule has 2 heterocycles. The van der Waals surface area contributed by atoms with Gasteiger partial charge in [-0.15, -0.1) is 11.3 Å². The fraction of sp³-hybridized carbons (Fsp3) is 0.688. The van der Waals surface area contributed by atoms with E-state index in [4.69, 9.17) is 4.74 Å². The van der Waals surface area contributed by atoms with Crippen LogP contribution in [-0.4, -0.2) is 36.1 Å². The minimum absolute atomic E-state index is 0.0510. The lowest BCUT2D eigenvalue weighted by molar-refractivity contribution is 0.0757. The summed E-state index contributed by atoms with van der Waals surface area (Å²) < 4.78 is 5.46. The summed E-state index contributed by atoms with van der Waals surface area (Å²) in [7, 11) is 0. The number of hydrogen-bond donors (Lipinski definition) is 1. The Morgan fingerprint density at radius 1 is 1.38 bits per heavy atom. The molecule has 0 aliphatic carbocycles. The molecule has 4 nitrogen and oxygen atoms in total. The van der Waals surface area contributed by atoms with Gasteiger partial charge >= 0.3 is 0 Å². The number of carbonyl (C=O) groups excluding carboxylic acids is 1. The highest BCUT2D eigenvalue weighted by Gasteiger charge is 2.25. The largest absolute Gasteiger partial charge is 0.379 e. The van der Waals surface area contributed by atoms with E-state index in [1.807, 2.05) is 13.8 Å². The van der Waals surface area contributed by atoms with Gasteiger partial charge in [0.25, 0.3) is 5.91 Å². The summed E-state index contributed by atoms with van der Waals surface area (Å²) in [6.07, 6.45) is 1.11. The van der Waals surface area contributed by atoms with Crippen molar-refractivity contribution in [2.24, 2.45) is 0 Å². The van der Waals surface area contributed by atoms with Gasteiger partial charge < -0.3 is 10.1 Å². The fourth-order valence-corrected chi connectivity index (χ4v) is 3.47. The Bertz CT molecular complexity index is 459. The average Bonchev–Trinajstić information content (AvgIpc) is 2.95. The molecule has 1 aromatic heterocycles.